The first kappa shape index (κ1) is 19.7. The number of hydrogen-bond donors (Lipinski definition) is 2. The first-order valence-corrected chi connectivity index (χ1v) is 8.18. The first-order valence-electron chi connectivity index (χ1n) is 8.18. The number of halogens is 1. The lowest BCUT2D eigenvalue weighted by atomic mass is 9.54. The van der Waals surface area contributed by atoms with Crippen LogP contribution >= 0.6 is 12.4 Å². The van der Waals surface area contributed by atoms with E-state index in [1.807, 2.05) is 20.8 Å². The Morgan fingerprint density at radius 1 is 1.36 bits per heavy atom. The number of nitrogens with one attached hydrogen (secondary N) is 1. The average molecular weight is 335 g/mol. The minimum absolute atomic E-state index is 0. The Hall–Kier alpha value is -0.360. The van der Waals surface area contributed by atoms with E-state index < -0.39 is 5.54 Å². The molecule has 22 heavy (non-hydrogen) atoms. The molecule has 0 spiro atoms. The summed E-state index contributed by atoms with van der Waals surface area (Å²) >= 11 is 0. The van der Waals surface area contributed by atoms with Crippen LogP contribution in [0.2, 0.25) is 0 Å². The van der Waals surface area contributed by atoms with Gasteiger partial charge in [0.25, 0.3) is 0 Å². The minimum Gasteiger partial charge on any atom is -0.381 e. The van der Waals surface area contributed by atoms with Crippen LogP contribution in [0.1, 0.15) is 46.5 Å². The van der Waals surface area contributed by atoms with Crippen LogP contribution in [0.3, 0.4) is 0 Å². The van der Waals surface area contributed by atoms with Crippen molar-refractivity contribution in [2.24, 2.45) is 17.1 Å². The van der Waals surface area contributed by atoms with Crippen LogP contribution in [0.4, 0.5) is 0 Å². The molecule has 1 amide bonds. The fraction of sp³-hybridized carbons (Fsp3) is 0.938. The lowest BCUT2D eigenvalue weighted by molar-refractivity contribution is -0.170. The molecule has 2 fully saturated rings. The zero-order chi connectivity index (χ0) is 15.5. The van der Waals surface area contributed by atoms with Gasteiger partial charge in [-0.3, -0.25) is 4.79 Å². The van der Waals surface area contributed by atoms with Crippen molar-refractivity contribution >= 4 is 18.3 Å². The van der Waals surface area contributed by atoms with Crippen molar-refractivity contribution in [2.75, 3.05) is 26.4 Å². The number of rotatable bonds is 6. The van der Waals surface area contributed by atoms with Gasteiger partial charge in [-0.2, -0.15) is 0 Å². The summed E-state index contributed by atoms with van der Waals surface area (Å²) in [7, 11) is 0. The Kier molecular flexibility index (Phi) is 7.12. The molecule has 5 nitrogen and oxygen atoms in total. The highest BCUT2D eigenvalue weighted by Gasteiger charge is 2.62. The largest absolute Gasteiger partial charge is 0.381 e. The third-order valence-corrected chi connectivity index (χ3v) is 5.41. The molecule has 0 aromatic rings. The number of nitrogens with two attached hydrogens (primary N) is 1. The normalized spacial score (nSPS) is 31.0. The van der Waals surface area contributed by atoms with Crippen molar-refractivity contribution in [3.8, 4) is 0 Å². The summed E-state index contributed by atoms with van der Waals surface area (Å²) in [6.45, 7) is 9.09. The molecule has 6 heteroatoms. The summed E-state index contributed by atoms with van der Waals surface area (Å²) in [6.07, 6.45) is 3.90. The van der Waals surface area contributed by atoms with Gasteiger partial charge in [0.2, 0.25) is 5.91 Å². The van der Waals surface area contributed by atoms with E-state index in [2.05, 4.69) is 5.32 Å². The quantitative estimate of drug-likeness (QED) is 0.777. The molecule has 1 saturated heterocycles. The molecular formula is C16H31ClN2O3. The Labute approximate surface area is 140 Å². The summed E-state index contributed by atoms with van der Waals surface area (Å²) in [6, 6.07) is 0. The van der Waals surface area contributed by atoms with Gasteiger partial charge in [-0.15, -0.1) is 12.4 Å². The fourth-order valence-electron chi connectivity index (χ4n) is 3.40. The van der Waals surface area contributed by atoms with Gasteiger partial charge in [-0.05, 0) is 32.1 Å². The molecule has 1 aliphatic heterocycles. The molecule has 2 aliphatic rings. The third kappa shape index (κ3) is 3.75. The summed E-state index contributed by atoms with van der Waals surface area (Å²) in [5.74, 6) is 0.633. The maximum Gasteiger partial charge on any atom is 0.240 e. The highest BCUT2D eigenvalue weighted by molar-refractivity contribution is 5.88. The van der Waals surface area contributed by atoms with Crippen molar-refractivity contribution in [3.05, 3.63) is 0 Å². The molecule has 0 aromatic heterocycles. The second-order valence-corrected chi connectivity index (χ2v) is 6.94. The Morgan fingerprint density at radius 2 is 2.00 bits per heavy atom. The highest BCUT2D eigenvalue weighted by atomic mass is 35.5. The summed E-state index contributed by atoms with van der Waals surface area (Å²) in [4.78, 5) is 12.4. The molecule has 1 heterocycles. The van der Waals surface area contributed by atoms with Gasteiger partial charge < -0.3 is 20.5 Å². The van der Waals surface area contributed by atoms with Gasteiger partial charge >= 0.3 is 0 Å². The Balaban J connectivity index is 0.00000242. The zero-order valence-corrected chi connectivity index (χ0v) is 14.8. The van der Waals surface area contributed by atoms with Crippen molar-refractivity contribution in [1.82, 2.24) is 5.32 Å². The molecular weight excluding hydrogens is 304 g/mol. The van der Waals surface area contributed by atoms with Gasteiger partial charge in [0, 0.05) is 38.2 Å². The van der Waals surface area contributed by atoms with Crippen LogP contribution in [0.15, 0.2) is 0 Å². The van der Waals surface area contributed by atoms with E-state index >= 15 is 0 Å². The van der Waals surface area contributed by atoms with Gasteiger partial charge in [0.1, 0.15) is 5.54 Å². The van der Waals surface area contributed by atoms with E-state index in [1.54, 1.807) is 0 Å². The van der Waals surface area contributed by atoms with Crippen molar-refractivity contribution in [3.63, 3.8) is 0 Å². The molecule has 0 aromatic carbocycles. The smallest absolute Gasteiger partial charge is 0.240 e. The first-order chi connectivity index (χ1) is 9.91. The lowest BCUT2D eigenvalue weighted by Gasteiger charge is -2.57. The number of carbonyl (C=O) groups is 1. The van der Waals surface area contributed by atoms with E-state index in [9.17, 15) is 4.79 Å². The molecule has 130 valence electrons. The van der Waals surface area contributed by atoms with E-state index in [0.29, 0.717) is 25.5 Å². The predicted molar refractivity (Wildman–Crippen MR) is 89.1 cm³/mol. The SMILES string of the molecule is CCOC1CC(N)(C(=O)NCCC2CCOCC2)C1(C)C.Cl. The van der Waals surface area contributed by atoms with Gasteiger partial charge in [0.05, 0.1) is 6.10 Å². The lowest BCUT2D eigenvalue weighted by Crippen LogP contribution is -2.75. The van der Waals surface area contributed by atoms with E-state index in [1.165, 1.54) is 0 Å². The van der Waals surface area contributed by atoms with Crippen LogP contribution < -0.4 is 11.1 Å². The average Bonchev–Trinajstić information content (AvgIpc) is 2.47. The van der Waals surface area contributed by atoms with Crippen LogP contribution in [0.25, 0.3) is 0 Å². The van der Waals surface area contributed by atoms with Crippen molar-refractivity contribution in [1.29, 1.82) is 0 Å². The monoisotopic (exact) mass is 334 g/mol. The maximum atomic E-state index is 12.4. The van der Waals surface area contributed by atoms with Gasteiger partial charge in [0.15, 0.2) is 0 Å². The van der Waals surface area contributed by atoms with E-state index in [4.69, 9.17) is 15.2 Å². The summed E-state index contributed by atoms with van der Waals surface area (Å²) in [5, 5.41) is 3.03. The van der Waals surface area contributed by atoms with E-state index in [-0.39, 0.29) is 29.8 Å². The number of amides is 1. The zero-order valence-electron chi connectivity index (χ0n) is 14.0. The van der Waals surface area contributed by atoms with Crippen LogP contribution in [0, 0.1) is 11.3 Å². The molecule has 2 atom stereocenters. The van der Waals surface area contributed by atoms with Crippen LogP contribution in [0.5, 0.6) is 0 Å². The van der Waals surface area contributed by atoms with Crippen molar-refractivity contribution < 1.29 is 14.3 Å². The van der Waals surface area contributed by atoms with Crippen LogP contribution in [-0.2, 0) is 14.3 Å². The summed E-state index contributed by atoms with van der Waals surface area (Å²) < 4.78 is 11.0. The number of ether oxygens (including phenoxy) is 2. The predicted octanol–water partition coefficient (Wildman–Crippen LogP) is 1.87. The molecule has 0 radical (unpaired) electrons. The van der Waals surface area contributed by atoms with Crippen LogP contribution in [-0.4, -0.2) is 43.9 Å². The summed E-state index contributed by atoms with van der Waals surface area (Å²) in [5.41, 5.74) is 5.24. The molecule has 0 bridgehead atoms. The fourth-order valence-corrected chi connectivity index (χ4v) is 3.40. The molecule has 2 unspecified atom stereocenters. The Morgan fingerprint density at radius 3 is 2.55 bits per heavy atom. The van der Waals surface area contributed by atoms with Crippen molar-refractivity contribution in [2.45, 2.75) is 58.1 Å². The number of carbonyl (C=O) groups excluding carboxylic acids is 1. The maximum absolute atomic E-state index is 12.4. The second-order valence-electron chi connectivity index (χ2n) is 6.94. The van der Waals surface area contributed by atoms with Gasteiger partial charge in [-0.1, -0.05) is 13.8 Å². The topological polar surface area (TPSA) is 73.6 Å². The van der Waals surface area contributed by atoms with E-state index in [0.717, 1.165) is 32.5 Å². The number of hydrogen-bond acceptors (Lipinski definition) is 4. The molecule has 1 saturated carbocycles. The second kappa shape index (κ2) is 7.95. The molecule has 3 N–H and O–H groups in total. The molecule has 1 aliphatic carbocycles. The standard InChI is InChI=1S/C16H30N2O3.ClH/c1-4-21-13-11-16(17,15(13,2)3)14(19)18-8-5-12-6-9-20-10-7-12;/h12-13H,4-11,17H2,1-3H3,(H,18,19);1H. The Bertz CT molecular complexity index is 372. The highest BCUT2D eigenvalue weighted by Crippen LogP contribution is 2.49. The minimum atomic E-state index is -0.803. The molecule has 2 rings (SSSR count). The third-order valence-electron chi connectivity index (χ3n) is 5.41. The van der Waals surface area contributed by atoms with Gasteiger partial charge in [-0.25, -0.2) is 0 Å².